The fourth-order valence-electron chi connectivity index (χ4n) is 1.25. The van der Waals surface area contributed by atoms with E-state index in [1.54, 1.807) is 12.1 Å². The van der Waals surface area contributed by atoms with Crippen LogP contribution in [0.5, 0.6) is 0 Å². The minimum absolute atomic E-state index is 0.0262. The van der Waals surface area contributed by atoms with Crippen LogP contribution in [0.4, 0.5) is 0 Å². The first-order valence-electron chi connectivity index (χ1n) is 4.87. The van der Waals surface area contributed by atoms with E-state index in [9.17, 15) is 14.4 Å². The van der Waals surface area contributed by atoms with Crippen molar-refractivity contribution in [1.29, 1.82) is 0 Å². The molecule has 0 saturated heterocycles. The van der Waals surface area contributed by atoms with Gasteiger partial charge in [-0.2, -0.15) is 5.10 Å². The molecule has 98 valence electrons. The number of benzene rings is 1. The molecule has 0 amide bonds. The van der Waals surface area contributed by atoms with Crippen LogP contribution in [-0.4, -0.2) is 26.3 Å². The molecular formula is C10H6BrN3O4S. The SMILES string of the molecule is O=C(O)c1cc(Sc2n[nH]c(=O)[nH]c2=O)ccc1Br. The number of aromatic amines is 2. The number of aromatic carboxylic acids is 1. The van der Waals surface area contributed by atoms with E-state index in [0.29, 0.717) is 9.37 Å². The van der Waals surface area contributed by atoms with Crippen LogP contribution < -0.4 is 11.2 Å². The fourth-order valence-corrected chi connectivity index (χ4v) is 2.44. The van der Waals surface area contributed by atoms with Gasteiger partial charge in [-0.25, -0.2) is 14.7 Å². The van der Waals surface area contributed by atoms with Gasteiger partial charge in [-0.05, 0) is 34.1 Å². The molecule has 0 aliphatic rings. The van der Waals surface area contributed by atoms with E-state index in [2.05, 4.69) is 26.1 Å². The summed E-state index contributed by atoms with van der Waals surface area (Å²) in [7, 11) is 0. The second kappa shape index (κ2) is 5.41. The van der Waals surface area contributed by atoms with Crippen LogP contribution in [0, 0.1) is 0 Å². The maximum Gasteiger partial charge on any atom is 0.342 e. The Bertz CT molecular complexity index is 755. The lowest BCUT2D eigenvalue weighted by Gasteiger charge is -2.03. The molecular weight excluding hydrogens is 338 g/mol. The highest BCUT2D eigenvalue weighted by Crippen LogP contribution is 2.27. The Morgan fingerprint density at radius 1 is 1.37 bits per heavy atom. The maximum absolute atomic E-state index is 11.4. The summed E-state index contributed by atoms with van der Waals surface area (Å²) >= 11 is 4.07. The van der Waals surface area contributed by atoms with E-state index in [1.807, 2.05) is 4.98 Å². The van der Waals surface area contributed by atoms with Crippen LogP contribution in [0.1, 0.15) is 10.4 Å². The Morgan fingerprint density at radius 2 is 2.11 bits per heavy atom. The zero-order valence-electron chi connectivity index (χ0n) is 9.14. The second-order valence-electron chi connectivity index (χ2n) is 3.36. The van der Waals surface area contributed by atoms with E-state index in [4.69, 9.17) is 5.11 Å². The van der Waals surface area contributed by atoms with Gasteiger partial charge in [-0.1, -0.05) is 11.8 Å². The molecule has 1 aromatic heterocycles. The zero-order valence-corrected chi connectivity index (χ0v) is 11.5. The van der Waals surface area contributed by atoms with Gasteiger partial charge in [0.25, 0.3) is 5.56 Å². The van der Waals surface area contributed by atoms with Crippen molar-refractivity contribution in [1.82, 2.24) is 15.2 Å². The Balaban J connectivity index is 2.39. The molecule has 0 unspecified atom stereocenters. The molecule has 0 radical (unpaired) electrons. The fraction of sp³-hybridized carbons (Fsp3) is 0. The van der Waals surface area contributed by atoms with Crippen molar-refractivity contribution in [2.45, 2.75) is 9.92 Å². The van der Waals surface area contributed by atoms with Crippen molar-refractivity contribution in [3.05, 3.63) is 49.1 Å². The smallest absolute Gasteiger partial charge is 0.342 e. The summed E-state index contributed by atoms with van der Waals surface area (Å²) < 4.78 is 0.438. The number of nitrogens with one attached hydrogen (secondary N) is 2. The average Bonchev–Trinajstić information content (AvgIpc) is 2.34. The lowest BCUT2D eigenvalue weighted by Crippen LogP contribution is -2.24. The molecule has 19 heavy (non-hydrogen) atoms. The quantitative estimate of drug-likeness (QED) is 0.767. The predicted molar refractivity (Wildman–Crippen MR) is 70.7 cm³/mol. The molecule has 2 rings (SSSR count). The molecule has 7 nitrogen and oxygen atoms in total. The van der Waals surface area contributed by atoms with Crippen LogP contribution in [0.3, 0.4) is 0 Å². The van der Waals surface area contributed by atoms with Crippen LogP contribution in [0.15, 0.2) is 42.2 Å². The molecule has 0 spiro atoms. The standard InChI is InChI=1S/C10H6BrN3O4S/c11-6-2-1-4(3-5(6)9(16)17)19-8-7(15)12-10(18)14-13-8/h1-3H,(H,16,17)(H2,12,14,15,18). The number of aromatic nitrogens is 3. The molecule has 0 fully saturated rings. The third kappa shape index (κ3) is 3.12. The lowest BCUT2D eigenvalue weighted by molar-refractivity contribution is 0.0695. The van der Waals surface area contributed by atoms with Gasteiger partial charge in [-0.15, -0.1) is 0 Å². The van der Waals surface area contributed by atoms with Crippen LogP contribution in [0.2, 0.25) is 0 Å². The number of nitrogens with zero attached hydrogens (tertiary/aromatic N) is 1. The topological polar surface area (TPSA) is 116 Å². The van der Waals surface area contributed by atoms with Crippen LogP contribution >= 0.6 is 27.7 Å². The molecule has 0 aliphatic carbocycles. The monoisotopic (exact) mass is 343 g/mol. The summed E-state index contributed by atoms with van der Waals surface area (Å²) in [6, 6.07) is 4.60. The molecule has 1 heterocycles. The summed E-state index contributed by atoms with van der Waals surface area (Å²) in [5.74, 6) is -1.09. The summed E-state index contributed by atoms with van der Waals surface area (Å²) in [6.07, 6.45) is 0. The van der Waals surface area contributed by atoms with E-state index in [1.165, 1.54) is 6.07 Å². The highest BCUT2D eigenvalue weighted by atomic mass is 79.9. The third-order valence-electron chi connectivity index (χ3n) is 2.06. The number of rotatable bonds is 3. The summed E-state index contributed by atoms with van der Waals surface area (Å²) in [5.41, 5.74) is -1.25. The number of halogens is 1. The number of hydrogen-bond acceptors (Lipinski definition) is 5. The number of carboxylic acid groups (broad SMARTS) is 1. The van der Waals surface area contributed by atoms with E-state index in [-0.39, 0.29) is 10.6 Å². The normalized spacial score (nSPS) is 10.4. The molecule has 0 saturated carbocycles. The molecule has 1 aromatic carbocycles. The first kappa shape index (κ1) is 13.6. The molecule has 0 aliphatic heterocycles. The third-order valence-corrected chi connectivity index (χ3v) is 3.71. The average molecular weight is 344 g/mol. The number of hydrogen-bond donors (Lipinski definition) is 3. The van der Waals surface area contributed by atoms with Crippen LogP contribution in [-0.2, 0) is 0 Å². The van der Waals surface area contributed by atoms with Crippen molar-refractivity contribution in [3.63, 3.8) is 0 Å². The first-order chi connectivity index (χ1) is 8.97. The molecule has 3 N–H and O–H groups in total. The Morgan fingerprint density at radius 3 is 2.74 bits per heavy atom. The van der Waals surface area contributed by atoms with Crippen molar-refractivity contribution >= 4 is 33.7 Å². The molecule has 2 aromatic rings. The van der Waals surface area contributed by atoms with Crippen molar-refractivity contribution < 1.29 is 9.90 Å². The van der Waals surface area contributed by atoms with E-state index in [0.717, 1.165) is 11.8 Å². The molecule has 0 bridgehead atoms. The summed E-state index contributed by atoms with van der Waals surface area (Å²) in [5, 5.41) is 14.7. The van der Waals surface area contributed by atoms with Crippen molar-refractivity contribution in [2.75, 3.05) is 0 Å². The number of carbonyl (C=O) groups is 1. The Kier molecular flexibility index (Phi) is 3.86. The van der Waals surface area contributed by atoms with E-state index < -0.39 is 17.2 Å². The zero-order chi connectivity index (χ0) is 14.0. The van der Waals surface area contributed by atoms with Gasteiger partial charge in [0.05, 0.1) is 5.56 Å². The number of H-pyrrole nitrogens is 2. The summed E-state index contributed by atoms with van der Waals surface area (Å²) in [4.78, 5) is 35.8. The van der Waals surface area contributed by atoms with Gasteiger partial charge >= 0.3 is 11.7 Å². The van der Waals surface area contributed by atoms with Gasteiger partial charge in [-0.3, -0.25) is 9.78 Å². The minimum atomic E-state index is -1.09. The second-order valence-corrected chi connectivity index (χ2v) is 5.28. The summed E-state index contributed by atoms with van der Waals surface area (Å²) in [6.45, 7) is 0. The van der Waals surface area contributed by atoms with Gasteiger partial charge < -0.3 is 5.11 Å². The Labute approximate surface area is 118 Å². The Hall–Kier alpha value is -1.87. The highest BCUT2D eigenvalue weighted by Gasteiger charge is 2.11. The highest BCUT2D eigenvalue weighted by molar-refractivity contribution is 9.10. The van der Waals surface area contributed by atoms with Gasteiger partial charge in [0, 0.05) is 9.37 Å². The predicted octanol–water partition coefficient (Wildman–Crippen LogP) is 1.07. The maximum atomic E-state index is 11.4. The van der Waals surface area contributed by atoms with Crippen molar-refractivity contribution in [3.8, 4) is 0 Å². The van der Waals surface area contributed by atoms with E-state index >= 15 is 0 Å². The molecule has 9 heteroatoms. The van der Waals surface area contributed by atoms with Crippen molar-refractivity contribution in [2.24, 2.45) is 0 Å². The lowest BCUT2D eigenvalue weighted by atomic mass is 10.2. The number of carboxylic acids is 1. The van der Waals surface area contributed by atoms with Gasteiger partial charge in [0.15, 0.2) is 5.03 Å². The van der Waals surface area contributed by atoms with Gasteiger partial charge in [0.1, 0.15) is 0 Å². The molecule has 0 atom stereocenters. The van der Waals surface area contributed by atoms with Crippen LogP contribution in [0.25, 0.3) is 0 Å². The minimum Gasteiger partial charge on any atom is -0.478 e. The van der Waals surface area contributed by atoms with Gasteiger partial charge in [0.2, 0.25) is 0 Å². The first-order valence-corrected chi connectivity index (χ1v) is 6.48. The largest absolute Gasteiger partial charge is 0.478 e.